The van der Waals surface area contributed by atoms with Crippen LogP contribution in [0.1, 0.15) is 19.4 Å². The molecule has 2 rings (SSSR count). The summed E-state index contributed by atoms with van der Waals surface area (Å²) in [4.78, 5) is 14.3. The highest BCUT2D eigenvalue weighted by Gasteiger charge is 2.15. The fourth-order valence-corrected chi connectivity index (χ4v) is 3.00. The van der Waals surface area contributed by atoms with Crippen LogP contribution in [0, 0.1) is 0 Å². The van der Waals surface area contributed by atoms with Crippen LogP contribution in [0.5, 0.6) is 11.5 Å². The number of ether oxygens (including phenoxy) is 2. The molecular weight excluding hydrogens is 342 g/mol. The summed E-state index contributed by atoms with van der Waals surface area (Å²) >= 11 is 1.32. The molecule has 0 saturated heterocycles. The number of carbonyl (C=O) groups excluding carboxylic acids is 1. The SMILES string of the molecule is CCOc1ccc(CN(CC)C(=O)CSc2nnnn2C)cc1OC. The number of benzene rings is 1. The Labute approximate surface area is 151 Å². The topological polar surface area (TPSA) is 82.4 Å². The molecule has 0 aliphatic carbocycles. The second-order valence-corrected chi connectivity index (χ2v) is 6.14. The van der Waals surface area contributed by atoms with E-state index in [0.717, 1.165) is 5.56 Å². The number of aryl methyl sites for hydroxylation is 1. The average Bonchev–Trinajstić information content (AvgIpc) is 3.03. The Morgan fingerprint density at radius 1 is 1.32 bits per heavy atom. The molecule has 25 heavy (non-hydrogen) atoms. The first-order valence-electron chi connectivity index (χ1n) is 8.01. The first kappa shape index (κ1) is 19.0. The summed E-state index contributed by atoms with van der Waals surface area (Å²) in [6, 6.07) is 5.72. The van der Waals surface area contributed by atoms with E-state index >= 15 is 0 Å². The number of thioether (sulfide) groups is 1. The van der Waals surface area contributed by atoms with Gasteiger partial charge in [0.15, 0.2) is 11.5 Å². The second kappa shape index (κ2) is 9.26. The second-order valence-electron chi connectivity index (χ2n) is 5.20. The Morgan fingerprint density at radius 3 is 2.72 bits per heavy atom. The quantitative estimate of drug-likeness (QED) is 0.626. The van der Waals surface area contributed by atoms with E-state index in [1.54, 1.807) is 23.7 Å². The fraction of sp³-hybridized carbons (Fsp3) is 0.500. The van der Waals surface area contributed by atoms with Crippen molar-refractivity contribution < 1.29 is 14.3 Å². The van der Waals surface area contributed by atoms with Crippen molar-refractivity contribution in [1.82, 2.24) is 25.1 Å². The largest absolute Gasteiger partial charge is 0.493 e. The Balaban J connectivity index is 2.00. The van der Waals surface area contributed by atoms with Crippen LogP contribution in [0.25, 0.3) is 0 Å². The van der Waals surface area contributed by atoms with Gasteiger partial charge in [0.05, 0.1) is 19.5 Å². The van der Waals surface area contributed by atoms with Gasteiger partial charge in [0.25, 0.3) is 0 Å². The molecule has 1 amide bonds. The lowest BCUT2D eigenvalue weighted by atomic mass is 10.2. The van der Waals surface area contributed by atoms with E-state index in [9.17, 15) is 4.79 Å². The number of nitrogens with zero attached hydrogens (tertiary/aromatic N) is 5. The highest BCUT2D eigenvalue weighted by atomic mass is 32.2. The minimum Gasteiger partial charge on any atom is -0.493 e. The van der Waals surface area contributed by atoms with Gasteiger partial charge in [0.1, 0.15) is 0 Å². The van der Waals surface area contributed by atoms with Gasteiger partial charge >= 0.3 is 0 Å². The lowest BCUT2D eigenvalue weighted by Gasteiger charge is -2.21. The number of carbonyl (C=O) groups is 1. The third-order valence-corrected chi connectivity index (χ3v) is 4.54. The summed E-state index contributed by atoms with van der Waals surface area (Å²) in [5.41, 5.74) is 0.987. The fourth-order valence-electron chi connectivity index (χ4n) is 2.24. The van der Waals surface area contributed by atoms with E-state index in [-0.39, 0.29) is 11.7 Å². The minimum absolute atomic E-state index is 0.0309. The zero-order chi connectivity index (χ0) is 18.2. The van der Waals surface area contributed by atoms with Crippen LogP contribution in [0.4, 0.5) is 0 Å². The molecule has 0 atom stereocenters. The molecule has 136 valence electrons. The van der Waals surface area contributed by atoms with Crippen LogP contribution in [0.15, 0.2) is 23.4 Å². The first-order chi connectivity index (χ1) is 12.1. The van der Waals surface area contributed by atoms with Gasteiger partial charge in [-0.1, -0.05) is 17.8 Å². The van der Waals surface area contributed by atoms with Crippen LogP contribution in [-0.2, 0) is 18.4 Å². The number of amides is 1. The van der Waals surface area contributed by atoms with Crippen LogP contribution < -0.4 is 9.47 Å². The molecule has 0 saturated carbocycles. The number of hydrogen-bond acceptors (Lipinski definition) is 7. The van der Waals surface area contributed by atoms with Crippen LogP contribution in [0.2, 0.25) is 0 Å². The van der Waals surface area contributed by atoms with E-state index in [2.05, 4.69) is 15.5 Å². The molecule has 0 N–H and O–H groups in total. The van der Waals surface area contributed by atoms with Crippen LogP contribution in [0.3, 0.4) is 0 Å². The third kappa shape index (κ3) is 5.09. The average molecular weight is 365 g/mol. The molecule has 8 nitrogen and oxygen atoms in total. The number of methoxy groups -OCH3 is 1. The van der Waals surface area contributed by atoms with Crippen molar-refractivity contribution in [2.45, 2.75) is 25.5 Å². The Morgan fingerprint density at radius 2 is 2.12 bits per heavy atom. The number of aromatic nitrogens is 4. The van der Waals surface area contributed by atoms with Gasteiger partial charge in [0.2, 0.25) is 11.1 Å². The first-order valence-corrected chi connectivity index (χ1v) is 9.00. The van der Waals surface area contributed by atoms with Gasteiger partial charge in [-0.15, -0.1) is 5.10 Å². The van der Waals surface area contributed by atoms with Crippen LogP contribution in [-0.4, -0.2) is 57.0 Å². The zero-order valence-electron chi connectivity index (χ0n) is 14.9. The summed E-state index contributed by atoms with van der Waals surface area (Å²) in [5.74, 6) is 1.69. The molecule has 1 aromatic carbocycles. The maximum absolute atomic E-state index is 12.5. The van der Waals surface area contributed by atoms with Crippen LogP contribution >= 0.6 is 11.8 Å². The predicted octanol–water partition coefficient (Wildman–Crippen LogP) is 1.76. The molecule has 0 radical (unpaired) electrons. The van der Waals surface area contributed by atoms with Gasteiger partial charge in [-0.2, -0.15) is 0 Å². The normalized spacial score (nSPS) is 10.6. The monoisotopic (exact) mass is 365 g/mol. The Bertz CT molecular complexity index is 707. The van der Waals surface area contributed by atoms with E-state index < -0.39 is 0 Å². The van der Waals surface area contributed by atoms with Crippen molar-refractivity contribution in [2.24, 2.45) is 7.05 Å². The predicted molar refractivity (Wildman–Crippen MR) is 94.8 cm³/mol. The van der Waals surface area contributed by atoms with Gasteiger partial charge in [-0.25, -0.2) is 4.68 Å². The number of rotatable bonds is 9. The molecule has 1 heterocycles. The standard InChI is InChI=1S/C16H23N5O3S/c1-5-21(15(22)11-25-16-17-18-19-20(16)3)10-12-7-8-13(24-6-2)14(9-12)23-4/h7-9H,5-6,10-11H2,1-4H3. The maximum atomic E-state index is 12.5. The molecule has 0 aliphatic rings. The molecule has 1 aromatic heterocycles. The summed E-state index contributed by atoms with van der Waals surface area (Å²) in [6.07, 6.45) is 0. The molecule has 0 spiro atoms. The summed E-state index contributed by atoms with van der Waals surface area (Å²) in [6.45, 7) is 5.58. The van der Waals surface area contributed by atoms with E-state index in [4.69, 9.17) is 9.47 Å². The lowest BCUT2D eigenvalue weighted by Crippen LogP contribution is -2.31. The van der Waals surface area contributed by atoms with Crippen molar-refractivity contribution >= 4 is 17.7 Å². The lowest BCUT2D eigenvalue weighted by molar-refractivity contribution is -0.128. The van der Waals surface area contributed by atoms with Gasteiger partial charge in [-0.05, 0) is 42.0 Å². The zero-order valence-corrected chi connectivity index (χ0v) is 15.7. The smallest absolute Gasteiger partial charge is 0.233 e. The Kier molecular flexibility index (Phi) is 7.05. The summed E-state index contributed by atoms with van der Waals surface area (Å²) in [7, 11) is 3.35. The van der Waals surface area contributed by atoms with Crippen molar-refractivity contribution in [2.75, 3.05) is 26.0 Å². The highest BCUT2D eigenvalue weighted by molar-refractivity contribution is 7.99. The highest BCUT2D eigenvalue weighted by Crippen LogP contribution is 2.28. The third-order valence-electron chi connectivity index (χ3n) is 3.54. The molecule has 0 bridgehead atoms. The molecule has 2 aromatic rings. The van der Waals surface area contributed by atoms with E-state index in [0.29, 0.717) is 36.4 Å². The van der Waals surface area contributed by atoms with Gasteiger partial charge in [0, 0.05) is 20.1 Å². The molecular formula is C16H23N5O3S. The molecule has 0 aliphatic heterocycles. The van der Waals surface area contributed by atoms with Gasteiger partial charge in [-0.3, -0.25) is 4.79 Å². The number of hydrogen-bond donors (Lipinski definition) is 0. The molecule has 0 unspecified atom stereocenters. The van der Waals surface area contributed by atoms with Crippen molar-refractivity contribution in [3.8, 4) is 11.5 Å². The maximum Gasteiger partial charge on any atom is 0.233 e. The summed E-state index contributed by atoms with van der Waals surface area (Å²) in [5, 5.41) is 11.8. The molecule has 0 fully saturated rings. The summed E-state index contributed by atoms with van der Waals surface area (Å²) < 4.78 is 12.4. The van der Waals surface area contributed by atoms with E-state index in [1.807, 2.05) is 32.0 Å². The van der Waals surface area contributed by atoms with Crippen molar-refractivity contribution in [3.63, 3.8) is 0 Å². The van der Waals surface area contributed by atoms with Gasteiger partial charge < -0.3 is 14.4 Å². The minimum atomic E-state index is 0.0309. The molecule has 9 heteroatoms. The Hall–Kier alpha value is -2.29. The number of tetrazole rings is 1. The van der Waals surface area contributed by atoms with Crippen molar-refractivity contribution in [3.05, 3.63) is 23.8 Å². The van der Waals surface area contributed by atoms with E-state index in [1.165, 1.54) is 11.8 Å². The van der Waals surface area contributed by atoms with Crippen molar-refractivity contribution in [1.29, 1.82) is 0 Å².